The SMILES string of the molecule is Br.CCCCc1nc(Nc2ccccc2)sc1-n1cncn1. The van der Waals surface area contributed by atoms with E-state index in [1.165, 1.54) is 0 Å². The van der Waals surface area contributed by atoms with Gasteiger partial charge >= 0.3 is 0 Å². The summed E-state index contributed by atoms with van der Waals surface area (Å²) in [5.41, 5.74) is 2.12. The number of rotatable bonds is 6. The molecule has 0 aliphatic carbocycles. The third kappa shape index (κ3) is 3.92. The zero-order chi connectivity index (χ0) is 14.5. The molecular formula is C15H18BrN5S. The van der Waals surface area contributed by atoms with Gasteiger partial charge < -0.3 is 5.32 Å². The van der Waals surface area contributed by atoms with Crippen molar-refractivity contribution in [2.24, 2.45) is 0 Å². The van der Waals surface area contributed by atoms with Crippen LogP contribution < -0.4 is 5.32 Å². The summed E-state index contributed by atoms with van der Waals surface area (Å²) in [6.45, 7) is 2.19. The van der Waals surface area contributed by atoms with Crippen LogP contribution in [0.25, 0.3) is 5.00 Å². The van der Waals surface area contributed by atoms with E-state index in [2.05, 4.69) is 22.3 Å². The molecule has 7 heteroatoms. The van der Waals surface area contributed by atoms with Crippen molar-refractivity contribution in [1.29, 1.82) is 0 Å². The van der Waals surface area contributed by atoms with Gasteiger partial charge in [0.05, 0.1) is 5.69 Å². The first-order valence-corrected chi connectivity index (χ1v) is 7.85. The molecule has 5 nitrogen and oxygen atoms in total. The van der Waals surface area contributed by atoms with Crippen molar-refractivity contribution >= 4 is 39.1 Å². The van der Waals surface area contributed by atoms with E-state index in [4.69, 9.17) is 4.98 Å². The van der Waals surface area contributed by atoms with Gasteiger partial charge in [0, 0.05) is 5.69 Å². The fraction of sp³-hybridized carbons (Fsp3) is 0.267. The van der Waals surface area contributed by atoms with Crippen LogP contribution in [0.1, 0.15) is 25.5 Å². The highest BCUT2D eigenvalue weighted by Gasteiger charge is 2.13. The van der Waals surface area contributed by atoms with Crippen LogP contribution in [0.3, 0.4) is 0 Å². The molecular weight excluding hydrogens is 362 g/mol. The second kappa shape index (κ2) is 8.05. The van der Waals surface area contributed by atoms with Crippen molar-refractivity contribution in [1.82, 2.24) is 19.7 Å². The molecule has 0 atom stereocenters. The Balaban J connectivity index is 0.00000176. The van der Waals surface area contributed by atoms with Crippen LogP contribution in [-0.4, -0.2) is 19.7 Å². The van der Waals surface area contributed by atoms with Crippen LogP contribution in [0, 0.1) is 0 Å². The summed E-state index contributed by atoms with van der Waals surface area (Å²) in [5, 5.41) is 9.50. The van der Waals surface area contributed by atoms with Crippen molar-refractivity contribution in [3.63, 3.8) is 0 Å². The molecule has 3 rings (SSSR count). The first-order chi connectivity index (χ1) is 10.4. The van der Waals surface area contributed by atoms with Crippen molar-refractivity contribution in [3.05, 3.63) is 48.7 Å². The van der Waals surface area contributed by atoms with E-state index in [-0.39, 0.29) is 17.0 Å². The van der Waals surface area contributed by atoms with Gasteiger partial charge in [-0.15, -0.1) is 17.0 Å². The summed E-state index contributed by atoms with van der Waals surface area (Å²) in [5.74, 6) is 0. The zero-order valence-corrected chi connectivity index (χ0v) is 14.8. The number of hydrogen-bond acceptors (Lipinski definition) is 5. The second-order valence-corrected chi connectivity index (χ2v) is 5.68. The molecule has 0 aliphatic heterocycles. The number of nitrogens with zero attached hydrogens (tertiary/aromatic N) is 4. The fourth-order valence-electron chi connectivity index (χ4n) is 2.04. The molecule has 1 N–H and O–H groups in total. The summed E-state index contributed by atoms with van der Waals surface area (Å²) in [6.07, 6.45) is 6.49. The Kier molecular flexibility index (Phi) is 6.09. The molecule has 0 fully saturated rings. The molecule has 2 heterocycles. The Morgan fingerprint density at radius 2 is 2.05 bits per heavy atom. The summed E-state index contributed by atoms with van der Waals surface area (Å²) in [4.78, 5) is 8.74. The molecule has 0 saturated carbocycles. The first-order valence-electron chi connectivity index (χ1n) is 7.03. The fourth-order valence-corrected chi connectivity index (χ4v) is 3.00. The molecule has 0 bridgehead atoms. The number of para-hydroxylation sites is 1. The van der Waals surface area contributed by atoms with E-state index >= 15 is 0 Å². The smallest absolute Gasteiger partial charge is 0.189 e. The number of aryl methyl sites for hydroxylation is 1. The van der Waals surface area contributed by atoms with Crippen LogP contribution in [0.15, 0.2) is 43.0 Å². The number of benzene rings is 1. The van der Waals surface area contributed by atoms with Gasteiger partial charge in [-0.3, -0.25) is 0 Å². The monoisotopic (exact) mass is 379 g/mol. The summed E-state index contributed by atoms with van der Waals surface area (Å²) in [7, 11) is 0. The number of unbranched alkanes of at least 4 members (excludes halogenated alkanes) is 1. The quantitative estimate of drug-likeness (QED) is 0.689. The standard InChI is InChI=1S/C15H17N5S.BrH/c1-2-3-9-13-14(20-11-16-10-17-20)21-15(19-13)18-12-7-5-4-6-8-12;/h4-8,10-11H,2-3,9H2,1H3,(H,18,19);1H. The predicted octanol–water partition coefficient (Wildman–Crippen LogP) is 4.39. The molecule has 2 aromatic heterocycles. The number of thiazole rings is 1. The summed E-state index contributed by atoms with van der Waals surface area (Å²) < 4.78 is 1.79. The van der Waals surface area contributed by atoms with E-state index in [0.29, 0.717) is 0 Å². The van der Waals surface area contributed by atoms with Crippen molar-refractivity contribution in [3.8, 4) is 5.00 Å². The third-order valence-corrected chi connectivity index (χ3v) is 4.10. The Hall–Kier alpha value is -1.73. The van der Waals surface area contributed by atoms with Crippen LogP contribution in [0.2, 0.25) is 0 Å². The minimum Gasteiger partial charge on any atom is -0.331 e. The van der Waals surface area contributed by atoms with Crippen LogP contribution in [0.4, 0.5) is 10.8 Å². The molecule has 0 unspecified atom stereocenters. The topological polar surface area (TPSA) is 55.6 Å². The normalized spacial score (nSPS) is 10.2. The molecule has 116 valence electrons. The van der Waals surface area contributed by atoms with Crippen molar-refractivity contribution in [2.75, 3.05) is 5.32 Å². The zero-order valence-electron chi connectivity index (χ0n) is 12.3. The molecule has 3 aromatic rings. The molecule has 0 radical (unpaired) electrons. The van der Waals surface area contributed by atoms with E-state index in [1.807, 2.05) is 30.3 Å². The average molecular weight is 380 g/mol. The van der Waals surface area contributed by atoms with Gasteiger partial charge in [0.25, 0.3) is 0 Å². The Morgan fingerprint density at radius 3 is 2.73 bits per heavy atom. The van der Waals surface area contributed by atoms with E-state index in [9.17, 15) is 0 Å². The Morgan fingerprint density at radius 1 is 1.23 bits per heavy atom. The minimum absolute atomic E-state index is 0. The van der Waals surface area contributed by atoms with Gasteiger partial charge in [-0.05, 0) is 25.0 Å². The van der Waals surface area contributed by atoms with Gasteiger partial charge in [-0.2, -0.15) is 5.10 Å². The van der Waals surface area contributed by atoms with Crippen LogP contribution in [0.5, 0.6) is 0 Å². The molecule has 0 amide bonds. The maximum atomic E-state index is 4.72. The van der Waals surface area contributed by atoms with Gasteiger partial charge in [0.15, 0.2) is 5.13 Å². The second-order valence-electron chi connectivity index (χ2n) is 4.71. The van der Waals surface area contributed by atoms with Crippen molar-refractivity contribution < 1.29 is 0 Å². The average Bonchev–Trinajstić information content (AvgIpc) is 3.15. The molecule has 0 spiro atoms. The van der Waals surface area contributed by atoms with Gasteiger partial charge in [0.1, 0.15) is 17.7 Å². The lowest BCUT2D eigenvalue weighted by molar-refractivity contribution is 0.767. The molecule has 1 aromatic carbocycles. The maximum Gasteiger partial charge on any atom is 0.189 e. The number of anilines is 2. The molecule has 22 heavy (non-hydrogen) atoms. The molecule has 0 saturated heterocycles. The van der Waals surface area contributed by atoms with Crippen LogP contribution in [-0.2, 0) is 6.42 Å². The highest BCUT2D eigenvalue weighted by atomic mass is 79.9. The van der Waals surface area contributed by atoms with E-state index in [1.54, 1.807) is 28.7 Å². The van der Waals surface area contributed by atoms with Gasteiger partial charge in [-0.25, -0.2) is 14.6 Å². The van der Waals surface area contributed by atoms with Gasteiger partial charge in [-0.1, -0.05) is 42.9 Å². The summed E-state index contributed by atoms with van der Waals surface area (Å²) in [6, 6.07) is 10.1. The lowest BCUT2D eigenvalue weighted by atomic mass is 10.2. The van der Waals surface area contributed by atoms with E-state index in [0.717, 1.165) is 40.8 Å². The lowest BCUT2D eigenvalue weighted by Gasteiger charge is -2.00. The summed E-state index contributed by atoms with van der Waals surface area (Å²) >= 11 is 1.60. The van der Waals surface area contributed by atoms with Crippen LogP contribution >= 0.6 is 28.3 Å². The molecule has 0 aliphatic rings. The highest BCUT2D eigenvalue weighted by Crippen LogP contribution is 2.29. The number of halogens is 1. The number of nitrogens with one attached hydrogen (secondary N) is 1. The third-order valence-electron chi connectivity index (χ3n) is 3.10. The highest BCUT2D eigenvalue weighted by molar-refractivity contribution is 8.93. The minimum atomic E-state index is 0. The van der Waals surface area contributed by atoms with E-state index < -0.39 is 0 Å². The van der Waals surface area contributed by atoms with Gasteiger partial charge in [0.2, 0.25) is 0 Å². The predicted molar refractivity (Wildman–Crippen MR) is 95.7 cm³/mol. The largest absolute Gasteiger partial charge is 0.331 e. The Labute approximate surface area is 144 Å². The lowest BCUT2D eigenvalue weighted by Crippen LogP contribution is -1.97. The first kappa shape index (κ1) is 16.6. The maximum absolute atomic E-state index is 4.72. The van der Waals surface area contributed by atoms with Crippen molar-refractivity contribution in [2.45, 2.75) is 26.2 Å². The number of aromatic nitrogens is 4. The number of hydrogen-bond donors (Lipinski definition) is 1. The Bertz CT molecular complexity index is 681.